The molecule has 0 spiro atoms. The lowest BCUT2D eigenvalue weighted by Gasteiger charge is -2.40. The summed E-state index contributed by atoms with van der Waals surface area (Å²) in [4.78, 5) is 2.46. The van der Waals surface area contributed by atoms with Crippen LogP contribution in [-0.2, 0) is 11.3 Å². The molecule has 1 fully saturated rings. The fraction of sp³-hybridized carbons (Fsp3) is 0.750. The Hall–Kier alpha value is 0.0600. The van der Waals surface area contributed by atoms with Crippen molar-refractivity contribution in [2.75, 3.05) is 33.4 Å². The maximum Gasteiger partial charge on any atom is 0.0701 e. The fourth-order valence-electron chi connectivity index (χ4n) is 2.98. The van der Waals surface area contributed by atoms with Gasteiger partial charge in [-0.25, -0.2) is 0 Å². The molecular formula is C16H27BrN2OS. The molecule has 0 radical (unpaired) electrons. The third kappa shape index (κ3) is 5.64. The van der Waals surface area contributed by atoms with Gasteiger partial charge in [-0.1, -0.05) is 13.8 Å². The van der Waals surface area contributed by atoms with E-state index in [1.807, 2.05) is 0 Å². The Morgan fingerprint density at radius 1 is 1.43 bits per heavy atom. The number of rotatable bonds is 7. The van der Waals surface area contributed by atoms with Crippen LogP contribution in [0.4, 0.5) is 0 Å². The molecule has 3 nitrogen and oxygen atoms in total. The molecule has 1 N–H and O–H groups in total. The molecule has 1 aliphatic rings. The van der Waals surface area contributed by atoms with Crippen LogP contribution in [0.25, 0.3) is 0 Å². The van der Waals surface area contributed by atoms with Gasteiger partial charge in [0.25, 0.3) is 0 Å². The van der Waals surface area contributed by atoms with Crippen LogP contribution in [0.3, 0.4) is 0 Å². The Morgan fingerprint density at radius 2 is 2.14 bits per heavy atom. The Balaban J connectivity index is 1.93. The highest BCUT2D eigenvalue weighted by Crippen LogP contribution is 2.31. The SMILES string of the molecule is CC(C)NCC1(CN(C)Cc2csc(Br)c2)CCOCC1. The largest absolute Gasteiger partial charge is 0.381 e. The molecule has 0 saturated carbocycles. The minimum atomic E-state index is 0.352. The first-order valence-electron chi connectivity index (χ1n) is 7.72. The predicted molar refractivity (Wildman–Crippen MR) is 94.0 cm³/mol. The van der Waals surface area contributed by atoms with E-state index < -0.39 is 0 Å². The average molecular weight is 375 g/mol. The molecule has 0 atom stereocenters. The summed E-state index contributed by atoms with van der Waals surface area (Å²) in [7, 11) is 2.23. The minimum Gasteiger partial charge on any atom is -0.381 e. The Morgan fingerprint density at radius 3 is 2.71 bits per heavy atom. The molecule has 0 aromatic carbocycles. The monoisotopic (exact) mass is 374 g/mol. The highest BCUT2D eigenvalue weighted by molar-refractivity contribution is 9.11. The summed E-state index contributed by atoms with van der Waals surface area (Å²) in [6.45, 7) is 9.48. The molecule has 0 amide bonds. The lowest BCUT2D eigenvalue weighted by atomic mass is 9.79. The van der Waals surface area contributed by atoms with E-state index in [0.717, 1.165) is 45.7 Å². The highest BCUT2D eigenvalue weighted by atomic mass is 79.9. The van der Waals surface area contributed by atoms with Crippen molar-refractivity contribution in [2.24, 2.45) is 5.41 Å². The topological polar surface area (TPSA) is 24.5 Å². The van der Waals surface area contributed by atoms with Crippen LogP contribution in [-0.4, -0.2) is 44.3 Å². The van der Waals surface area contributed by atoms with Gasteiger partial charge >= 0.3 is 0 Å². The van der Waals surface area contributed by atoms with Gasteiger partial charge in [0.05, 0.1) is 3.79 Å². The molecule has 1 aromatic heterocycles. The summed E-state index contributed by atoms with van der Waals surface area (Å²) in [6, 6.07) is 2.77. The number of nitrogens with one attached hydrogen (secondary N) is 1. The van der Waals surface area contributed by atoms with Gasteiger partial charge in [0.15, 0.2) is 0 Å². The van der Waals surface area contributed by atoms with E-state index in [-0.39, 0.29) is 0 Å². The van der Waals surface area contributed by atoms with Crippen molar-refractivity contribution in [3.8, 4) is 0 Å². The summed E-state index contributed by atoms with van der Waals surface area (Å²) in [5.41, 5.74) is 1.75. The molecular weight excluding hydrogens is 348 g/mol. The molecule has 1 aliphatic heterocycles. The lowest BCUT2D eigenvalue weighted by molar-refractivity contribution is -0.00247. The normalized spacial score (nSPS) is 18.6. The zero-order valence-electron chi connectivity index (χ0n) is 13.3. The van der Waals surface area contributed by atoms with Crippen LogP contribution in [0.2, 0.25) is 0 Å². The van der Waals surface area contributed by atoms with Crippen LogP contribution in [0.1, 0.15) is 32.3 Å². The van der Waals surface area contributed by atoms with Gasteiger partial charge in [0.1, 0.15) is 0 Å². The van der Waals surface area contributed by atoms with Crippen molar-refractivity contribution >= 4 is 27.3 Å². The summed E-state index contributed by atoms with van der Waals surface area (Å²) < 4.78 is 6.80. The molecule has 2 rings (SSSR count). The molecule has 0 aliphatic carbocycles. The van der Waals surface area contributed by atoms with Crippen molar-refractivity contribution in [3.05, 3.63) is 20.8 Å². The molecule has 0 unspecified atom stereocenters. The molecule has 21 heavy (non-hydrogen) atoms. The maximum absolute atomic E-state index is 5.58. The van der Waals surface area contributed by atoms with Crippen molar-refractivity contribution in [2.45, 2.75) is 39.3 Å². The van der Waals surface area contributed by atoms with Crippen molar-refractivity contribution in [3.63, 3.8) is 0 Å². The molecule has 0 bridgehead atoms. The molecule has 120 valence electrons. The van der Waals surface area contributed by atoms with E-state index in [0.29, 0.717) is 11.5 Å². The van der Waals surface area contributed by atoms with Crippen LogP contribution >= 0.6 is 27.3 Å². The van der Waals surface area contributed by atoms with E-state index in [9.17, 15) is 0 Å². The summed E-state index contributed by atoms with van der Waals surface area (Å²) in [6.07, 6.45) is 2.31. The standard InChI is InChI=1S/C16H27BrN2OS/c1-13(2)18-11-16(4-6-20-7-5-16)12-19(3)9-14-8-15(17)21-10-14/h8,10,13,18H,4-7,9,11-12H2,1-3H3. The van der Waals surface area contributed by atoms with Crippen LogP contribution in [0.5, 0.6) is 0 Å². The first kappa shape index (κ1) is 17.4. The smallest absolute Gasteiger partial charge is 0.0701 e. The average Bonchev–Trinajstić information content (AvgIpc) is 2.83. The second kappa shape index (κ2) is 8.06. The molecule has 1 aromatic rings. The highest BCUT2D eigenvalue weighted by Gasteiger charge is 2.33. The predicted octanol–water partition coefficient (Wildman–Crippen LogP) is 3.74. The second-order valence-electron chi connectivity index (χ2n) is 6.58. The van der Waals surface area contributed by atoms with Crippen LogP contribution in [0, 0.1) is 5.41 Å². The van der Waals surface area contributed by atoms with Gasteiger partial charge < -0.3 is 15.0 Å². The van der Waals surface area contributed by atoms with Crippen LogP contribution in [0.15, 0.2) is 15.2 Å². The van der Waals surface area contributed by atoms with E-state index >= 15 is 0 Å². The summed E-state index contributed by atoms with van der Waals surface area (Å²) in [5.74, 6) is 0. The summed E-state index contributed by atoms with van der Waals surface area (Å²) >= 11 is 5.31. The zero-order valence-corrected chi connectivity index (χ0v) is 15.7. The number of hydrogen-bond acceptors (Lipinski definition) is 4. The first-order chi connectivity index (χ1) is 9.99. The van der Waals surface area contributed by atoms with Crippen LogP contribution < -0.4 is 5.32 Å². The number of thiophene rings is 1. The number of nitrogens with zero attached hydrogens (tertiary/aromatic N) is 1. The lowest BCUT2D eigenvalue weighted by Crippen LogP contribution is -2.47. The minimum absolute atomic E-state index is 0.352. The van der Waals surface area contributed by atoms with E-state index in [2.05, 4.69) is 58.5 Å². The molecule has 2 heterocycles. The fourth-order valence-corrected chi connectivity index (χ4v) is 4.19. The first-order valence-corrected chi connectivity index (χ1v) is 9.39. The van der Waals surface area contributed by atoms with Gasteiger partial charge in [0, 0.05) is 38.9 Å². The Labute approximate surface area is 141 Å². The molecule has 5 heteroatoms. The van der Waals surface area contributed by atoms with Gasteiger partial charge in [-0.2, -0.15) is 0 Å². The van der Waals surface area contributed by atoms with E-state index in [4.69, 9.17) is 4.74 Å². The third-order valence-electron chi connectivity index (χ3n) is 4.12. The maximum atomic E-state index is 5.58. The number of halogens is 1. The quantitative estimate of drug-likeness (QED) is 0.786. The Bertz CT molecular complexity index is 430. The van der Waals surface area contributed by atoms with Gasteiger partial charge in [-0.3, -0.25) is 0 Å². The van der Waals surface area contributed by atoms with Crippen molar-refractivity contribution < 1.29 is 4.74 Å². The van der Waals surface area contributed by atoms with Gasteiger partial charge in [0.2, 0.25) is 0 Å². The summed E-state index contributed by atoms with van der Waals surface area (Å²) in [5, 5.41) is 5.88. The Kier molecular flexibility index (Phi) is 6.69. The number of hydrogen-bond donors (Lipinski definition) is 1. The van der Waals surface area contributed by atoms with Crippen molar-refractivity contribution in [1.29, 1.82) is 0 Å². The second-order valence-corrected chi connectivity index (χ2v) is 8.87. The zero-order chi connectivity index (χ0) is 15.3. The van der Waals surface area contributed by atoms with Crippen molar-refractivity contribution in [1.82, 2.24) is 10.2 Å². The number of ether oxygens (including phenoxy) is 1. The van der Waals surface area contributed by atoms with E-state index in [1.54, 1.807) is 11.3 Å². The van der Waals surface area contributed by atoms with Gasteiger partial charge in [-0.15, -0.1) is 11.3 Å². The third-order valence-corrected chi connectivity index (χ3v) is 5.67. The molecule has 1 saturated heterocycles. The van der Waals surface area contributed by atoms with Gasteiger partial charge in [-0.05, 0) is 58.2 Å². The van der Waals surface area contributed by atoms with E-state index in [1.165, 1.54) is 9.35 Å².